The maximum atomic E-state index is 12.3. The van der Waals surface area contributed by atoms with E-state index >= 15 is 0 Å². The van der Waals surface area contributed by atoms with Gasteiger partial charge in [0.2, 0.25) is 0 Å². The minimum atomic E-state index is -0.922. The molecule has 0 aliphatic rings. The normalized spacial score (nSPS) is 10.5. The monoisotopic (exact) mass is 396 g/mol. The van der Waals surface area contributed by atoms with E-state index in [1.807, 2.05) is 6.92 Å². The number of benzene rings is 2. The summed E-state index contributed by atoms with van der Waals surface area (Å²) in [7, 11) is 0. The molecular formula is C20H16N2O7. The predicted octanol–water partition coefficient (Wildman–Crippen LogP) is 3.06. The summed E-state index contributed by atoms with van der Waals surface area (Å²) in [6.07, 6.45) is 0.721. The number of para-hydroxylation sites is 1. The second-order valence-electron chi connectivity index (χ2n) is 6.07. The first-order valence-corrected chi connectivity index (χ1v) is 8.72. The molecule has 0 aliphatic carbocycles. The van der Waals surface area contributed by atoms with Gasteiger partial charge in [0, 0.05) is 24.1 Å². The van der Waals surface area contributed by atoms with Crippen molar-refractivity contribution in [1.29, 1.82) is 0 Å². The van der Waals surface area contributed by atoms with Crippen LogP contribution in [0.25, 0.3) is 11.0 Å². The van der Waals surface area contributed by atoms with Crippen molar-refractivity contribution in [2.75, 3.05) is 6.54 Å². The Morgan fingerprint density at radius 1 is 1.14 bits per heavy atom. The second kappa shape index (κ2) is 8.34. The van der Waals surface area contributed by atoms with Crippen LogP contribution in [0, 0.1) is 10.1 Å². The molecule has 0 radical (unpaired) electrons. The highest BCUT2D eigenvalue weighted by Gasteiger charge is 2.21. The number of fused-ring (bicyclic) bond motifs is 1. The van der Waals surface area contributed by atoms with E-state index in [4.69, 9.17) is 9.15 Å². The lowest BCUT2D eigenvalue weighted by atomic mass is 10.1. The molecule has 9 heteroatoms. The van der Waals surface area contributed by atoms with E-state index in [1.54, 1.807) is 0 Å². The van der Waals surface area contributed by atoms with Gasteiger partial charge in [-0.25, -0.2) is 9.59 Å². The molecule has 148 valence electrons. The molecule has 1 N–H and O–H groups in total. The number of hydrogen-bond acceptors (Lipinski definition) is 7. The molecule has 0 bridgehead atoms. The van der Waals surface area contributed by atoms with E-state index in [2.05, 4.69) is 5.32 Å². The zero-order chi connectivity index (χ0) is 21.0. The lowest BCUT2D eigenvalue weighted by molar-refractivity contribution is -0.385. The van der Waals surface area contributed by atoms with Gasteiger partial charge in [0.15, 0.2) is 0 Å². The average molecular weight is 396 g/mol. The number of ether oxygens (including phenoxy) is 1. The van der Waals surface area contributed by atoms with E-state index in [-0.39, 0.29) is 28.1 Å². The molecule has 29 heavy (non-hydrogen) atoms. The first-order chi connectivity index (χ1) is 13.9. The molecule has 0 spiro atoms. The fourth-order valence-corrected chi connectivity index (χ4v) is 2.61. The first kappa shape index (κ1) is 19.7. The number of carbonyl (C=O) groups excluding carboxylic acids is 2. The van der Waals surface area contributed by atoms with E-state index < -0.39 is 22.4 Å². The van der Waals surface area contributed by atoms with Gasteiger partial charge in [-0.2, -0.15) is 0 Å². The number of nitro groups is 1. The van der Waals surface area contributed by atoms with Crippen molar-refractivity contribution in [3.05, 3.63) is 80.2 Å². The SMILES string of the molecule is CCCNC(=O)c1cc2ccc(OC(=O)c3ccccc3[N+](=O)[O-])cc2oc1=O. The molecule has 2 aromatic carbocycles. The first-order valence-electron chi connectivity index (χ1n) is 8.72. The van der Waals surface area contributed by atoms with E-state index in [0.29, 0.717) is 11.9 Å². The van der Waals surface area contributed by atoms with Crippen LogP contribution in [-0.2, 0) is 0 Å². The van der Waals surface area contributed by atoms with Gasteiger partial charge < -0.3 is 14.5 Å². The zero-order valence-corrected chi connectivity index (χ0v) is 15.3. The van der Waals surface area contributed by atoms with Gasteiger partial charge in [-0.15, -0.1) is 0 Å². The van der Waals surface area contributed by atoms with Crippen LogP contribution < -0.4 is 15.7 Å². The summed E-state index contributed by atoms with van der Waals surface area (Å²) in [6.45, 7) is 2.31. The molecule has 0 atom stereocenters. The topological polar surface area (TPSA) is 129 Å². The van der Waals surface area contributed by atoms with Crippen LogP contribution in [0.15, 0.2) is 57.7 Å². The van der Waals surface area contributed by atoms with Crippen LogP contribution in [0.5, 0.6) is 5.75 Å². The van der Waals surface area contributed by atoms with Gasteiger partial charge in [0.25, 0.3) is 11.6 Å². The number of nitro benzene ring substituents is 1. The lowest BCUT2D eigenvalue weighted by Crippen LogP contribution is -2.28. The number of carbonyl (C=O) groups is 2. The minimum absolute atomic E-state index is 0.0342. The van der Waals surface area contributed by atoms with Gasteiger partial charge in [-0.3, -0.25) is 14.9 Å². The van der Waals surface area contributed by atoms with Crippen LogP contribution in [0.2, 0.25) is 0 Å². The van der Waals surface area contributed by atoms with Gasteiger partial charge in [-0.05, 0) is 30.7 Å². The predicted molar refractivity (Wildman–Crippen MR) is 103 cm³/mol. The molecule has 3 aromatic rings. The molecule has 3 rings (SSSR count). The quantitative estimate of drug-likeness (QED) is 0.223. The smallest absolute Gasteiger partial charge is 0.350 e. The Hall–Kier alpha value is -4.01. The maximum Gasteiger partial charge on any atom is 0.350 e. The van der Waals surface area contributed by atoms with Crippen molar-refractivity contribution >= 4 is 28.5 Å². The Balaban J connectivity index is 1.89. The number of nitrogens with zero attached hydrogens (tertiary/aromatic N) is 1. The maximum absolute atomic E-state index is 12.3. The van der Waals surface area contributed by atoms with Crippen molar-refractivity contribution < 1.29 is 23.7 Å². The fraction of sp³-hybridized carbons (Fsp3) is 0.150. The van der Waals surface area contributed by atoms with Gasteiger partial charge in [0.05, 0.1) is 4.92 Å². The van der Waals surface area contributed by atoms with Crippen LogP contribution in [-0.4, -0.2) is 23.3 Å². The van der Waals surface area contributed by atoms with Gasteiger partial charge >= 0.3 is 11.6 Å². The summed E-state index contributed by atoms with van der Waals surface area (Å²) >= 11 is 0. The minimum Gasteiger partial charge on any atom is -0.423 e. The van der Waals surface area contributed by atoms with Crippen LogP contribution in [0.3, 0.4) is 0 Å². The van der Waals surface area contributed by atoms with Crippen molar-refractivity contribution in [2.45, 2.75) is 13.3 Å². The second-order valence-corrected chi connectivity index (χ2v) is 6.07. The average Bonchev–Trinajstić information content (AvgIpc) is 2.71. The Labute approximate surface area is 164 Å². The van der Waals surface area contributed by atoms with Crippen LogP contribution >= 0.6 is 0 Å². The summed E-state index contributed by atoms with van der Waals surface area (Å²) in [5.74, 6) is -1.42. The van der Waals surface area contributed by atoms with Crippen molar-refractivity contribution in [3.63, 3.8) is 0 Å². The Morgan fingerprint density at radius 3 is 2.62 bits per heavy atom. The fourth-order valence-electron chi connectivity index (χ4n) is 2.61. The third-order valence-corrected chi connectivity index (χ3v) is 4.02. The standard InChI is InChI=1S/C20H16N2O7/c1-2-9-21-18(23)15-10-12-7-8-13(11-17(12)29-20(15)25)28-19(24)14-5-3-4-6-16(14)22(26)27/h3-8,10-11H,2,9H2,1H3,(H,21,23). The van der Waals surface area contributed by atoms with E-state index in [0.717, 1.165) is 6.42 Å². The Kier molecular flexibility index (Phi) is 5.68. The molecule has 1 heterocycles. The molecule has 9 nitrogen and oxygen atoms in total. The van der Waals surface area contributed by atoms with Gasteiger partial charge in [-0.1, -0.05) is 19.1 Å². The number of nitrogens with one attached hydrogen (secondary N) is 1. The van der Waals surface area contributed by atoms with E-state index in [1.165, 1.54) is 48.5 Å². The largest absolute Gasteiger partial charge is 0.423 e. The number of amides is 1. The number of esters is 1. The van der Waals surface area contributed by atoms with Crippen LogP contribution in [0.1, 0.15) is 34.1 Å². The summed E-state index contributed by atoms with van der Waals surface area (Å²) in [4.78, 5) is 46.8. The van der Waals surface area contributed by atoms with E-state index in [9.17, 15) is 24.5 Å². The van der Waals surface area contributed by atoms with Crippen molar-refractivity contribution in [3.8, 4) is 5.75 Å². The Morgan fingerprint density at radius 2 is 1.90 bits per heavy atom. The highest BCUT2D eigenvalue weighted by molar-refractivity contribution is 5.97. The molecular weight excluding hydrogens is 380 g/mol. The molecule has 1 amide bonds. The highest BCUT2D eigenvalue weighted by Crippen LogP contribution is 2.24. The summed E-state index contributed by atoms with van der Waals surface area (Å²) in [5.41, 5.74) is -1.44. The third-order valence-electron chi connectivity index (χ3n) is 4.02. The summed E-state index contributed by atoms with van der Waals surface area (Å²) < 4.78 is 10.4. The van der Waals surface area contributed by atoms with Gasteiger partial charge in [0.1, 0.15) is 22.5 Å². The molecule has 1 aromatic heterocycles. The molecule has 0 saturated carbocycles. The number of rotatable bonds is 6. The Bertz CT molecular complexity index is 1170. The summed E-state index contributed by atoms with van der Waals surface area (Å²) in [6, 6.07) is 11.0. The zero-order valence-electron chi connectivity index (χ0n) is 15.3. The van der Waals surface area contributed by atoms with Crippen molar-refractivity contribution in [1.82, 2.24) is 5.32 Å². The molecule has 0 fully saturated rings. The molecule has 0 unspecified atom stereocenters. The third kappa shape index (κ3) is 4.29. The number of hydrogen-bond donors (Lipinski definition) is 1. The molecule has 0 saturated heterocycles. The highest BCUT2D eigenvalue weighted by atomic mass is 16.6. The van der Waals surface area contributed by atoms with Crippen molar-refractivity contribution in [2.24, 2.45) is 0 Å². The molecule has 0 aliphatic heterocycles. The lowest BCUT2D eigenvalue weighted by Gasteiger charge is -2.07. The van der Waals surface area contributed by atoms with Crippen LogP contribution in [0.4, 0.5) is 5.69 Å². The summed E-state index contributed by atoms with van der Waals surface area (Å²) in [5, 5.41) is 14.1.